The number of unbranched alkanes of at least 4 members (excludes halogenated alkanes) is 11. The molecule has 3 N–H and O–H groups in total. The van der Waals surface area contributed by atoms with Crippen molar-refractivity contribution in [2.45, 2.75) is 142 Å². The van der Waals surface area contributed by atoms with Crippen LogP contribution in [0.25, 0.3) is 0 Å². The van der Waals surface area contributed by atoms with Crippen LogP contribution in [0.4, 0.5) is 0 Å². The van der Waals surface area contributed by atoms with Gasteiger partial charge in [0.1, 0.15) is 0 Å². The molecule has 0 spiro atoms. The number of amides is 1. The summed E-state index contributed by atoms with van der Waals surface area (Å²) in [6, 6.07) is -0.535. The van der Waals surface area contributed by atoms with Gasteiger partial charge in [-0.1, -0.05) is 115 Å². The van der Waals surface area contributed by atoms with E-state index in [-0.39, 0.29) is 12.5 Å². The molecule has 2 atom stereocenters. The Bertz CT molecular complexity index is 527. The predicted molar refractivity (Wildman–Crippen MR) is 147 cm³/mol. The minimum absolute atomic E-state index is 0.0526. The number of aliphatic hydroxyl groups excluding tert-OH is 2. The monoisotopic (exact) mass is 477 g/mol. The maximum absolute atomic E-state index is 12.1. The molecule has 0 aliphatic heterocycles. The van der Waals surface area contributed by atoms with Gasteiger partial charge in [0.2, 0.25) is 5.91 Å². The molecule has 0 fully saturated rings. The first kappa shape index (κ1) is 32.6. The summed E-state index contributed by atoms with van der Waals surface area (Å²) in [7, 11) is 0. The number of carbonyl (C=O) groups excluding carboxylic acids is 1. The van der Waals surface area contributed by atoms with Crippen LogP contribution in [-0.2, 0) is 4.79 Å². The lowest BCUT2D eigenvalue weighted by atomic mass is 10.0. The Kier molecular flexibility index (Phi) is 25.1. The molecule has 0 saturated carbocycles. The fraction of sp³-hybridized carbons (Fsp3) is 0.767. The molecule has 0 rings (SSSR count). The van der Waals surface area contributed by atoms with E-state index >= 15 is 0 Å². The standard InChI is InChI=1S/C30H55NO3/c1-3-5-7-9-10-11-12-13-14-15-16-17-18-19-20-22-24-26-30(34)31-28(27-32)29(33)25-23-21-8-6-4-2/h5,7,10-11,13-14,28-29,32-33H,3-4,6,8-9,12,15-27H2,1-2H3,(H,31,34)/b7-5-,11-10-,14-13-. The summed E-state index contributed by atoms with van der Waals surface area (Å²) in [4.78, 5) is 12.1. The zero-order chi connectivity index (χ0) is 25.1. The molecular formula is C30H55NO3. The molecule has 0 aromatic heterocycles. The van der Waals surface area contributed by atoms with Gasteiger partial charge in [-0.15, -0.1) is 0 Å². The van der Waals surface area contributed by atoms with Crippen molar-refractivity contribution in [2.24, 2.45) is 0 Å². The summed E-state index contributed by atoms with van der Waals surface area (Å²) in [6.07, 6.45) is 32.0. The normalized spacial score (nSPS) is 13.9. The van der Waals surface area contributed by atoms with Crippen LogP contribution in [0.15, 0.2) is 36.5 Å². The number of hydrogen-bond acceptors (Lipinski definition) is 3. The van der Waals surface area contributed by atoms with Crippen molar-refractivity contribution < 1.29 is 15.0 Å². The molecule has 0 saturated heterocycles. The first-order valence-corrected chi connectivity index (χ1v) is 14.2. The van der Waals surface area contributed by atoms with Crippen molar-refractivity contribution >= 4 is 5.91 Å². The maximum Gasteiger partial charge on any atom is 0.220 e. The van der Waals surface area contributed by atoms with E-state index in [2.05, 4.69) is 55.6 Å². The molecule has 0 heterocycles. The van der Waals surface area contributed by atoms with Crippen molar-refractivity contribution in [2.75, 3.05) is 6.61 Å². The molecule has 0 aromatic rings. The van der Waals surface area contributed by atoms with Crippen molar-refractivity contribution in [3.8, 4) is 0 Å². The van der Waals surface area contributed by atoms with Crippen LogP contribution in [0.1, 0.15) is 129 Å². The van der Waals surface area contributed by atoms with E-state index in [9.17, 15) is 15.0 Å². The molecule has 34 heavy (non-hydrogen) atoms. The van der Waals surface area contributed by atoms with Gasteiger partial charge < -0.3 is 15.5 Å². The minimum Gasteiger partial charge on any atom is -0.394 e. The van der Waals surface area contributed by atoms with Gasteiger partial charge in [0.25, 0.3) is 0 Å². The lowest BCUT2D eigenvalue weighted by Crippen LogP contribution is -2.45. The highest BCUT2D eigenvalue weighted by atomic mass is 16.3. The molecule has 0 aliphatic rings. The molecule has 198 valence electrons. The topological polar surface area (TPSA) is 69.6 Å². The average molecular weight is 478 g/mol. The number of aliphatic hydroxyl groups is 2. The Morgan fingerprint density at radius 1 is 0.735 bits per heavy atom. The van der Waals surface area contributed by atoms with E-state index in [0.717, 1.165) is 44.9 Å². The van der Waals surface area contributed by atoms with E-state index in [1.54, 1.807) is 0 Å². The number of carbonyl (C=O) groups is 1. The maximum atomic E-state index is 12.1. The molecule has 4 heteroatoms. The fourth-order valence-electron chi connectivity index (χ4n) is 3.96. The highest BCUT2D eigenvalue weighted by Crippen LogP contribution is 2.12. The van der Waals surface area contributed by atoms with E-state index in [4.69, 9.17) is 0 Å². The quantitative estimate of drug-likeness (QED) is 0.0992. The van der Waals surface area contributed by atoms with Crippen LogP contribution < -0.4 is 5.32 Å². The SMILES string of the molecule is CC/C=C\C/C=C\C/C=C\CCCCCCCCCC(=O)NC(CO)C(O)CCCCCCC. The minimum atomic E-state index is -0.658. The Morgan fingerprint density at radius 3 is 1.94 bits per heavy atom. The summed E-state index contributed by atoms with van der Waals surface area (Å²) < 4.78 is 0. The Balaban J connectivity index is 3.59. The third kappa shape index (κ3) is 22.4. The van der Waals surface area contributed by atoms with E-state index < -0.39 is 12.1 Å². The first-order chi connectivity index (χ1) is 16.7. The van der Waals surface area contributed by atoms with Crippen LogP contribution in [0.2, 0.25) is 0 Å². The molecule has 0 radical (unpaired) electrons. The van der Waals surface area contributed by atoms with Gasteiger partial charge in [-0.2, -0.15) is 0 Å². The summed E-state index contributed by atoms with van der Waals surface area (Å²) in [5.74, 6) is -0.0526. The van der Waals surface area contributed by atoms with Gasteiger partial charge in [-0.25, -0.2) is 0 Å². The van der Waals surface area contributed by atoms with Gasteiger partial charge in [-0.3, -0.25) is 4.79 Å². The van der Waals surface area contributed by atoms with Crippen molar-refractivity contribution in [1.82, 2.24) is 5.32 Å². The number of allylic oxidation sites excluding steroid dienone is 6. The van der Waals surface area contributed by atoms with Crippen LogP contribution in [0, 0.1) is 0 Å². The molecule has 4 nitrogen and oxygen atoms in total. The van der Waals surface area contributed by atoms with Crippen LogP contribution in [-0.4, -0.2) is 34.9 Å². The van der Waals surface area contributed by atoms with Gasteiger partial charge in [0.15, 0.2) is 0 Å². The third-order valence-corrected chi connectivity index (χ3v) is 6.17. The zero-order valence-corrected chi connectivity index (χ0v) is 22.4. The van der Waals surface area contributed by atoms with Gasteiger partial charge in [-0.05, 0) is 44.9 Å². The van der Waals surface area contributed by atoms with Crippen LogP contribution >= 0.6 is 0 Å². The van der Waals surface area contributed by atoms with E-state index in [1.165, 1.54) is 57.8 Å². The number of nitrogens with one attached hydrogen (secondary N) is 1. The smallest absolute Gasteiger partial charge is 0.220 e. The van der Waals surface area contributed by atoms with E-state index in [1.807, 2.05) is 0 Å². The predicted octanol–water partition coefficient (Wildman–Crippen LogP) is 7.55. The number of rotatable bonds is 24. The Hall–Kier alpha value is -1.39. The molecule has 0 aromatic carbocycles. The Labute approximate surface area is 211 Å². The molecular weight excluding hydrogens is 422 g/mol. The van der Waals surface area contributed by atoms with Crippen molar-refractivity contribution in [3.63, 3.8) is 0 Å². The fourth-order valence-corrected chi connectivity index (χ4v) is 3.96. The second-order valence-corrected chi connectivity index (χ2v) is 9.43. The molecule has 1 amide bonds. The first-order valence-electron chi connectivity index (χ1n) is 14.2. The second kappa shape index (κ2) is 26.2. The highest BCUT2D eigenvalue weighted by molar-refractivity contribution is 5.76. The second-order valence-electron chi connectivity index (χ2n) is 9.43. The van der Waals surface area contributed by atoms with Gasteiger partial charge in [0.05, 0.1) is 18.8 Å². The van der Waals surface area contributed by atoms with Gasteiger partial charge in [0, 0.05) is 6.42 Å². The Morgan fingerprint density at radius 2 is 1.29 bits per heavy atom. The van der Waals surface area contributed by atoms with E-state index in [0.29, 0.717) is 12.8 Å². The molecule has 0 aliphatic carbocycles. The average Bonchev–Trinajstić information content (AvgIpc) is 2.84. The summed E-state index contributed by atoms with van der Waals surface area (Å²) in [5, 5.41) is 22.6. The third-order valence-electron chi connectivity index (χ3n) is 6.17. The van der Waals surface area contributed by atoms with Crippen LogP contribution in [0.3, 0.4) is 0 Å². The summed E-state index contributed by atoms with van der Waals surface area (Å²) in [5.41, 5.74) is 0. The summed E-state index contributed by atoms with van der Waals surface area (Å²) >= 11 is 0. The highest BCUT2D eigenvalue weighted by Gasteiger charge is 2.19. The molecule has 0 bridgehead atoms. The van der Waals surface area contributed by atoms with Crippen LogP contribution in [0.5, 0.6) is 0 Å². The van der Waals surface area contributed by atoms with Crippen molar-refractivity contribution in [3.05, 3.63) is 36.5 Å². The van der Waals surface area contributed by atoms with Crippen molar-refractivity contribution in [1.29, 1.82) is 0 Å². The van der Waals surface area contributed by atoms with Gasteiger partial charge >= 0.3 is 0 Å². The largest absolute Gasteiger partial charge is 0.394 e. The molecule has 2 unspecified atom stereocenters. The lowest BCUT2D eigenvalue weighted by molar-refractivity contribution is -0.123. The number of hydrogen-bond donors (Lipinski definition) is 3. The lowest BCUT2D eigenvalue weighted by Gasteiger charge is -2.22. The summed E-state index contributed by atoms with van der Waals surface area (Å²) in [6.45, 7) is 4.13. The zero-order valence-electron chi connectivity index (χ0n) is 22.4.